The Morgan fingerprint density at radius 3 is 1.93 bits per heavy atom. The zero-order chi connectivity index (χ0) is 19.8. The molecule has 0 saturated carbocycles. The van der Waals surface area contributed by atoms with Crippen LogP contribution in [0.25, 0.3) is 0 Å². The molecule has 2 saturated heterocycles. The van der Waals surface area contributed by atoms with Gasteiger partial charge >= 0.3 is 7.12 Å². The van der Waals surface area contributed by atoms with E-state index in [2.05, 4.69) is 4.90 Å². The molecule has 2 fully saturated rings. The fraction of sp³-hybridized carbons (Fsp3) is 0.684. The Balaban J connectivity index is 1.56. The summed E-state index contributed by atoms with van der Waals surface area (Å²) in [6.07, 6.45) is -4.98. The highest BCUT2D eigenvalue weighted by Crippen LogP contribution is 2.36. The van der Waals surface area contributed by atoms with Crippen LogP contribution < -0.4 is 10.4 Å². The Morgan fingerprint density at radius 1 is 0.926 bits per heavy atom. The van der Waals surface area contributed by atoms with Crippen LogP contribution in [0.15, 0.2) is 24.3 Å². The molecule has 3 rings (SSSR count). The number of hydrogen-bond acceptors (Lipinski definition) is 4. The van der Waals surface area contributed by atoms with E-state index in [4.69, 9.17) is 9.31 Å². The molecule has 2 aliphatic rings. The van der Waals surface area contributed by atoms with Crippen LogP contribution in [0.4, 0.5) is 18.9 Å². The molecule has 2 aliphatic heterocycles. The van der Waals surface area contributed by atoms with Gasteiger partial charge in [0, 0.05) is 38.4 Å². The molecule has 27 heavy (non-hydrogen) atoms. The van der Waals surface area contributed by atoms with E-state index in [0.717, 1.165) is 11.2 Å². The monoisotopic (exact) mass is 384 g/mol. The molecule has 0 spiro atoms. The van der Waals surface area contributed by atoms with Gasteiger partial charge in [-0.05, 0) is 45.3 Å². The first-order chi connectivity index (χ1) is 12.6. The minimum atomic E-state index is -2.91. The van der Waals surface area contributed by atoms with E-state index in [1.807, 2.05) is 52.0 Å². The van der Waals surface area contributed by atoms with Crippen molar-refractivity contribution in [3.05, 3.63) is 24.3 Å². The summed E-state index contributed by atoms with van der Waals surface area (Å²) in [5.41, 5.74) is 1.27. The molecule has 0 amide bonds. The highest BCUT2D eigenvalue weighted by atomic mass is 19.3. The van der Waals surface area contributed by atoms with Crippen molar-refractivity contribution < 1.29 is 22.5 Å². The highest BCUT2D eigenvalue weighted by Gasteiger charge is 2.51. The summed E-state index contributed by atoms with van der Waals surface area (Å²) < 4.78 is 50.0. The summed E-state index contributed by atoms with van der Waals surface area (Å²) in [6, 6.07) is 8.04. The lowest BCUT2D eigenvalue weighted by Crippen LogP contribution is -2.49. The van der Waals surface area contributed by atoms with Crippen molar-refractivity contribution in [2.45, 2.75) is 51.5 Å². The Kier molecular flexibility index (Phi) is 5.80. The normalized spacial score (nSPS) is 23.9. The van der Waals surface area contributed by atoms with Crippen molar-refractivity contribution in [2.24, 2.45) is 0 Å². The molecule has 1 atom stereocenters. The fourth-order valence-corrected chi connectivity index (χ4v) is 3.34. The molecule has 0 aromatic heterocycles. The maximum Gasteiger partial charge on any atom is 0.494 e. The van der Waals surface area contributed by atoms with Crippen LogP contribution in [0.1, 0.15) is 27.7 Å². The van der Waals surface area contributed by atoms with Gasteiger partial charge in [-0.1, -0.05) is 12.1 Å². The van der Waals surface area contributed by atoms with Crippen LogP contribution in [0.3, 0.4) is 0 Å². The molecular weight excluding hydrogens is 356 g/mol. The topological polar surface area (TPSA) is 24.9 Å². The van der Waals surface area contributed by atoms with Crippen molar-refractivity contribution in [1.29, 1.82) is 0 Å². The molecule has 1 aromatic carbocycles. The Hall–Kier alpha value is -1.25. The molecule has 0 bridgehead atoms. The standard InChI is InChI=1S/C19H28BF3N2O2/c1-18(2)19(3,4)27-20(26-18)14-5-7-15(8-6-14)25-11-9-24(10-12-25)13-16(21)17(22)23/h5-8,16-17H,9-13H2,1-4H3. The zero-order valence-electron chi connectivity index (χ0n) is 16.4. The van der Waals surface area contributed by atoms with Crippen molar-refractivity contribution in [1.82, 2.24) is 4.90 Å². The van der Waals surface area contributed by atoms with Crippen LogP contribution in [0.5, 0.6) is 0 Å². The van der Waals surface area contributed by atoms with Crippen molar-refractivity contribution in [3.63, 3.8) is 0 Å². The minimum absolute atomic E-state index is 0.202. The number of nitrogens with zero attached hydrogens (tertiary/aromatic N) is 2. The van der Waals surface area contributed by atoms with Gasteiger partial charge in [-0.25, -0.2) is 13.2 Å². The molecule has 0 N–H and O–H groups in total. The lowest BCUT2D eigenvalue weighted by Gasteiger charge is -2.36. The fourth-order valence-electron chi connectivity index (χ4n) is 3.34. The van der Waals surface area contributed by atoms with Gasteiger partial charge in [-0.15, -0.1) is 0 Å². The second-order valence-corrected chi connectivity index (χ2v) is 8.32. The number of piperazine rings is 1. The van der Waals surface area contributed by atoms with Gasteiger partial charge in [0.1, 0.15) is 0 Å². The average Bonchev–Trinajstić information content (AvgIpc) is 2.83. The van der Waals surface area contributed by atoms with E-state index >= 15 is 0 Å². The van der Waals surface area contributed by atoms with Crippen molar-refractivity contribution >= 4 is 18.3 Å². The SMILES string of the molecule is CC1(C)OB(c2ccc(N3CCN(CC(F)C(F)F)CC3)cc2)OC1(C)C. The molecular formula is C19H28BF3N2O2. The van der Waals surface area contributed by atoms with Crippen LogP contribution in [0.2, 0.25) is 0 Å². The first-order valence-corrected chi connectivity index (χ1v) is 9.44. The van der Waals surface area contributed by atoms with E-state index < -0.39 is 19.7 Å². The van der Waals surface area contributed by atoms with E-state index in [1.165, 1.54) is 0 Å². The summed E-state index contributed by atoms with van der Waals surface area (Å²) in [4.78, 5) is 3.94. The number of anilines is 1. The maximum absolute atomic E-state index is 13.2. The summed E-state index contributed by atoms with van der Waals surface area (Å²) >= 11 is 0. The molecule has 1 unspecified atom stereocenters. The summed E-state index contributed by atoms with van der Waals surface area (Å²) in [6.45, 7) is 10.4. The number of hydrogen-bond donors (Lipinski definition) is 0. The van der Waals surface area contributed by atoms with Gasteiger partial charge in [-0.3, -0.25) is 4.90 Å². The Bertz CT molecular complexity index is 618. The molecule has 4 nitrogen and oxygen atoms in total. The molecule has 0 aliphatic carbocycles. The molecule has 150 valence electrons. The molecule has 0 radical (unpaired) electrons. The smallest absolute Gasteiger partial charge is 0.399 e. The van der Waals surface area contributed by atoms with Gasteiger partial charge < -0.3 is 14.2 Å². The Morgan fingerprint density at radius 2 is 1.44 bits per heavy atom. The first-order valence-electron chi connectivity index (χ1n) is 9.44. The van der Waals surface area contributed by atoms with Gasteiger partial charge in [0.2, 0.25) is 0 Å². The van der Waals surface area contributed by atoms with E-state index in [-0.39, 0.29) is 17.7 Å². The van der Waals surface area contributed by atoms with Gasteiger partial charge in [0.05, 0.1) is 11.2 Å². The third kappa shape index (κ3) is 4.44. The predicted molar refractivity (Wildman–Crippen MR) is 102 cm³/mol. The van der Waals surface area contributed by atoms with Gasteiger partial charge in [0.15, 0.2) is 6.17 Å². The quantitative estimate of drug-likeness (QED) is 0.729. The van der Waals surface area contributed by atoms with E-state index in [1.54, 1.807) is 4.90 Å². The number of benzene rings is 1. The van der Waals surface area contributed by atoms with Crippen molar-refractivity contribution in [2.75, 3.05) is 37.6 Å². The third-order valence-electron chi connectivity index (χ3n) is 5.86. The molecule has 2 heterocycles. The number of halogens is 3. The second-order valence-electron chi connectivity index (χ2n) is 8.32. The highest BCUT2D eigenvalue weighted by molar-refractivity contribution is 6.62. The number of rotatable bonds is 5. The first kappa shape index (κ1) is 20.5. The Labute approximate surface area is 159 Å². The average molecular weight is 384 g/mol. The third-order valence-corrected chi connectivity index (χ3v) is 5.86. The summed E-state index contributed by atoms with van der Waals surface area (Å²) in [7, 11) is -0.392. The lowest BCUT2D eigenvalue weighted by molar-refractivity contribution is 0.00578. The van der Waals surface area contributed by atoms with Gasteiger partial charge in [0.25, 0.3) is 6.43 Å². The van der Waals surface area contributed by atoms with Gasteiger partial charge in [-0.2, -0.15) is 0 Å². The zero-order valence-corrected chi connectivity index (χ0v) is 16.4. The van der Waals surface area contributed by atoms with Crippen LogP contribution in [-0.4, -0.2) is 68.5 Å². The number of alkyl halides is 3. The van der Waals surface area contributed by atoms with Crippen LogP contribution >= 0.6 is 0 Å². The lowest BCUT2D eigenvalue weighted by atomic mass is 9.79. The van der Waals surface area contributed by atoms with E-state index in [9.17, 15) is 13.2 Å². The van der Waals surface area contributed by atoms with Crippen LogP contribution in [-0.2, 0) is 9.31 Å². The molecule has 1 aromatic rings. The minimum Gasteiger partial charge on any atom is -0.399 e. The predicted octanol–water partition coefficient (Wildman–Crippen LogP) is 2.71. The summed E-state index contributed by atoms with van der Waals surface area (Å²) in [5.74, 6) is 0. The van der Waals surface area contributed by atoms with Crippen LogP contribution in [0, 0.1) is 0 Å². The summed E-state index contributed by atoms with van der Waals surface area (Å²) in [5, 5.41) is 0. The largest absolute Gasteiger partial charge is 0.494 e. The second kappa shape index (κ2) is 7.64. The van der Waals surface area contributed by atoms with E-state index in [0.29, 0.717) is 26.2 Å². The maximum atomic E-state index is 13.2. The van der Waals surface area contributed by atoms with Crippen molar-refractivity contribution in [3.8, 4) is 0 Å². The molecule has 8 heteroatoms.